The summed E-state index contributed by atoms with van der Waals surface area (Å²) in [5.74, 6) is -0.442. The minimum atomic E-state index is -0.743. The molecule has 1 N–H and O–H groups in total. The Labute approximate surface area is 217 Å². The second-order valence-electron chi connectivity index (χ2n) is 9.45. The van der Waals surface area contributed by atoms with E-state index in [0.29, 0.717) is 22.3 Å². The largest absolute Gasteiger partial charge is 0.494 e. The highest BCUT2D eigenvalue weighted by atomic mass is 35.5. The summed E-state index contributed by atoms with van der Waals surface area (Å²) in [7, 11) is 0. The fourth-order valence-corrected chi connectivity index (χ4v) is 6.97. The lowest BCUT2D eigenvalue weighted by atomic mass is 9.85. The van der Waals surface area contributed by atoms with Crippen LogP contribution in [0.4, 0.5) is 5.13 Å². The van der Waals surface area contributed by atoms with Crippen LogP contribution in [0.25, 0.3) is 10.2 Å². The second-order valence-corrected chi connectivity index (χ2v) is 10.9. The van der Waals surface area contributed by atoms with Gasteiger partial charge in [0.1, 0.15) is 5.75 Å². The van der Waals surface area contributed by atoms with Gasteiger partial charge in [-0.05, 0) is 61.1 Å². The lowest BCUT2D eigenvalue weighted by Crippen LogP contribution is -2.38. The molecule has 1 saturated carbocycles. The smallest absolute Gasteiger partial charge is 0.234 e. The zero-order valence-electron chi connectivity index (χ0n) is 19.5. The van der Waals surface area contributed by atoms with Gasteiger partial charge in [-0.3, -0.25) is 19.3 Å². The van der Waals surface area contributed by atoms with Crippen LogP contribution in [-0.4, -0.2) is 34.2 Å². The molecule has 7 nitrogen and oxygen atoms in total. The Morgan fingerprint density at radius 1 is 1.17 bits per heavy atom. The van der Waals surface area contributed by atoms with E-state index in [1.807, 2.05) is 25.1 Å². The van der Waals surface area contributed by atoms with Crippen LogP contribution in [0.3, 0.4) is 0 Å². The first-order valence-corrected chi connectivity index (χ1v) is 13.3. The van der Waals surface area contributed by atoms with Gasteiger partial charge in [0.15, 0.2) is 5.13 Å². The van der Waals surface area contributed by atoms with Crippen LogP contribution in [0.5, 0.6) is 5.75 Å². The number of rotatable bonds is 7. The van der Waals surface area contributed by atoms with Crippen LogP contribution in [0.1, 0.15) is 31.4 Å². The Hall–Kier alpha value is -3.23. The van der Waals surface area contributed by atoms with Gasteiger partial charge >= 0.3 is 0 Å². The van der Waals surface area contributed by atoms with Gasteiger partial charge in [0.25, 0.3) is 0 Å². The van der Waals surface area contributed by atoms with Gasteiger partial charge in [0.2, 0.25) is 17.7 Å². The van der Waals surface area contributed by atoms with Crippen molar-refractivity contribution in [3.63, 3.8) is 0 Å². The molecule has 3 amide bonds. The number of thiazole rings is 1. The van der Waals surface area contributed by atoms with Crippen molar-refractivity contribution >= 4 is 56.0 Å². The molecule has 2 aliphatic carbocycles. The van der Waals surface area contributed by atoms with E-state index in [2.05, 4.69) is 22.5 Å². The average Bonchev–Trinajstić information content (AvgIpc) is 3.61. The van der Waals surface area contributed by atoms with Crippen molar-refractivity contribution in [3.05, 3.63) is 65.2 Å². The van der Waals surface area contributed by atoms with E-state index in [0.717, 1.165) is 22.4 Å². The number of hydrogen-bond acceptors (Lipinski definition) is 6. The molecule has 5 unspecified atom stereocenters. The number of amides is 3. The first-order chi connectivity index (χ1) is 17.4. The molecular weight excluding hydrogens is 498 g/mol. The van der Waals surface area contributed by atoms with Crippen LogP contribution >= 0.6 is 22.9 Å². The van der Waals surface area contributed by atoms with E-state index in [9.17, 15) is 14.4 Å². The fourth-order valence-electron chi connectivity index (χ4n) is 5.87. The number of aromatic nitrogens is 1. The van der Waals surface area contributed by atoms with Crippen molar-refractivity contribution < 1.29 is 19.1 Å². The summed E-state index contributed by atoms with van der Waals surface area (Å²) in [5, 5.41) is 3.80. The minimum Gasteiger partial charge on any atom is -0.494 e. The molecule has 1 saturated heterocycles. The molecule has 3 aromatic rings. The highest BCUT2D eigenvalue weighted by molar-refractivity contribution is 7.22. The highest BCUT2D eigenvalue weighted by Gasteiger charge is 2.60. The molecule has 1 aliphatic heterocycles. The summed E-state index contributed by atoms with van der Waals surface area (Å²) in [6, 6.07) is 11.9. The number of nitrogens with one attached hydrogen (secondary N) is 1. The van der Waals surface area contributed by atoms with E-state index in [4.69, 9.17) is 16.3 Å². The number of carbonyl (C=O) groups excluding carboxylic acids is 3. The number of allylic oxidation sites excluding steroid dienone is 2. The van der Waals surface area contributed by atoms with Gasteiger partial charge in [-0.25, -0.2) is 4.98 Å². The van der Waals surface area contributed by atoms with Crippen LogP contribution in [0, 0.1) is 23.7 Å². The normalized spacial score (nSPS) is 25.0. The Balaban J connectivity index is 1.27. The fraction of sp³-hybridized carbons (Fsp3) is 0.333. The molecule has 0 radical (unpaired) electrons. The summed E-state index contributed by atoms with van der Waals surface area (Å²) in [5.41, 5.74) is 1.41. The number of likely N-dealkylation sites (tertiary alicyclic amines) is 1. The summed E-state index contributed by atoms with van der Waals surface area (Å²) in [4.78, 5) is 46.1. The molecule has 36 heavy (non-hydrogen) atoms. The molecule has 2 bridgehead atoms. The highest BCUT2D eigenvalue weighted by Crippen LogP contribution is 2.54. The topological polar surface area (TPSA) is 88.6 Å². The van der Waals surface area contributed by atoms with E-state index < -0.39 is 6.04 Å². The quantitative estimate of drug-likeness (QED) is 0.340. The molecule has 2 heterocycles. The molecule has 184 valence electrons. The van der Waals surface area contributed by atoms with Crippen LogP contribution in [0.15, 0.2) is 54.6 Å². The van der Waals surface area contributed by atoms with E-state index in [1.165, 1.54) is 16.2 Å². The van der Waals surface area contributed by atoms with Crippen molar-refractivity contribution in [1.29, 1.82) is 0 Å². The van der Waals surface area contributed by atoms with Crippen molar-refractivity contribution in [2.45, 2.75) is 25.8 Å². The van der Waals surface area contributed by atoms with Gasteiger partial charge in [0, 0.05) is 5.02 Å². The van der Waals surface area contributed by atoms with Crippen molar-refractivity contribution in [1.82, 2.24) is 9.88 Å². The van der Waals surface area contributed by atoms with Crippen molar-refractivity contribution in [2.75, 3.05) is 11.9 Å². The van der Waals surface area contributed by atoms with Crippen molar-refractivity contribution in [2.24, 2.45) is 23.7 Å². The van der Waals surface area contributed by atoms with Crippen LogP contribution in [-0.2, 0) is 14.4 Å². The summed E-state index contributed by atoms with van der Waals surface area (Å²) in [6.07, 6.45) is 4.89. The van der Waals surface area contributed by atoms with Gasteiger partial charge in [0.05, 0.1) is 41.1 Å². The number of halogens is 1. The SMILES string of the molecule is CCOc1ccc2nc(NC(=O)CC(c3cccc(Cl)c3)N3C(=O)C4C5C=CC(C5)C4C3=O)sc2c1. The molecule has 2 fully saturated rings. The first-order valence-electron chi connectivity index (χ1n) is 12.1. The number of benzene rings is 2. The molecule has 5 atom stereocenters. The number of carbonyl (C=O) groups is 3. The third-order valence-electron chi connectivity index (χ3n) is 7.35. The number of anilines is 1. The van der Waals surface area contributed by atoms with Gasteiger partial charge in [-0.2, -0.15) is 0 Å². The van der Waals surface area contributed by atoms with Gasteiger partial charge < -0.3 is 10.1 Å². The number of fused-ring (bicyclic) bond motifs is 6. The molecule has 0 spiro atoms. The maximum Gasteiger partial charge on any atom is 0.234 e. The van der Waals surface area contributed by atoms with E-state index in [-0.39, 0.29) is 47.8 Å². The summed E-state index contributed by atoms with van der Waals surface area (Å²) >= 11 is 7.60. The predicted octanol–water partition coefficient (Wildman–Crippen LogP) is 5.23. The molecule has 1 aromatic heterocycles. The number of nitrogens with zero attached hydrogens (tertiary/aromatic N) is 2. The Morgan fingerprint density at radius 2 is 1.92 bits per heavy atom. The summed E-state index contributed by atoms with van der Waals surface area (Å²) < 4.78 is 6.44. The molecule has 2 aromatic carbocycles. The third-order valence-corrected chi connectivity index (χ3v) is 8.51. The summed E-state index contributed by atoms with van der Waals surface area (Å²) in [6.45, 7) is 2.48. The molecule has 9 heteroatoms. The zero-order valence-corrected chi connectivity index (χ0v) is 21.1. The van der Waals surface area contributed by atoms with E-state index in [1.54, 1.807) is 24.3 Å². The Bertz CT molecular complexity index is 1390. The zero-order chi connectivity index (χ0) is 25.0. The molecule has 3 aliphatic rings. The molecular formula is C27H24ClN3O4S. The van der Waals surface area contributed by atoms with Gasteiger partial charge in [-0.1, -0.05) is 47.2 Å². The van der Waals surface area contributed by atoms with Crippen LogP contribution < -0.4 is 10.1 Å². The van der Waals surface area contributed by atoms with Crippen molar-refractivity contribution in [3.8, 4) is 5.75 Å². The van der Waals surface area contributed by atoms with Gasteiger partial charge in [-0.15, -0.1) is 0 Å². The third kappa shape index (κ3) is 3.89. The Morgan fingerprint density at radius 3 is 2.61 bits per heavy atom. The molecule has 6 rings (SSSR count). The maximum atomic E-state index is 13.5. The average molecular weight is 522 g/mol. The lowest BCUT2D eigenvalue weighted by molar-refractivity contribution is -0.144. The minimum absolute atomic E-state index is 0.0832. The second kappa shape index (κ2) is 9.01. The maximum absolute atomic E-state index is 13.5. The number of imide groups is 1. The number of hydrogen-bond donors (Lipinski definition) is 1. The first kappa shape index (κ1) is 23.2. The number of ether oxygens (including phenoxy) is 1. The monoisotopic (exact) mass is 521 g/mol. The van der Waals surface area contributed by atoms with E-state index >= 15 is 0 Å². The standard InChI is InChI=1S/C27H24ClN3O4S/c1-2-35-18-8-9-19-21(12-18)36-27(29-19)30-22(32)13-20(14-4-3-5-17(28)11-14)31-25(33)23-15-6-7-16(10-15)24(23)26(31)34/h3-9,11-12,15-16,20,23-24H,2,10,13H2,1H3,(H,29,30,32). The van der Waals surface area contributed by atoms with Crippen LogP contribution in [0.2, 0.25) is 5.02 Å². The Kier molecular flexibility index (Phi) is 5.80. The lowest BCUT2D eigenvalue weighted by Gasteiger charge is -2.28. The predicted molar refractivity (Wildman–Crippen MR) is 138 cm³/mol.